The van der Waals surface area contributed by atoms with Crippen molar-refractivity contribution in [3.05, 3.63) is 64.2 Å². The van der Waals surface area contributed by atoms with Crippen molar-refractivity contribution in [3.8, 4) is 11.5 Å². The number of nitrogens with one attached hydrogen (secondary N) is 1. The van der Waals surface area contributed by atoms with Gasteiger partial charge in [-0.2, -0.15) is 0 Å². The Morgan fingerprint density at radius 1 is 1.11 bits per heavy atom. The van der Waals surface area contributed by atoms with Gasteiger partial charge in [-0.1, -0.05) is 12.1 Å². The first-order valence-electron chi connectivity index (χ1n) is 8.79. The van der Waals surface area contributed by atoms with Crippen molar-refractivity contribution in [1.82, 2.24) is 0 Å². The number of ether oxygens (including phenoxy) is 2. The van der Waals surface area contributed by atoms with Crippen LogP contribution in [-0.4, -0.2) is 16.6 Å². The Hall–Kier alpha value is -3.35. The van der Waals surface area contributed by atoms with E-state index in [0.717, 1.165) is 25.7 Å². The molecule has 4 rings (SSSR count). The molecule has 27 heavy (non-hydrogen) atoms. The van der Waals surface area contributed by atoms with E-state index >= 15 is 0 Å². The molecule has 0 saturated heterocycles. The zero-order valence-electron chi connectivity index (χ0n) is 14.5. The molecule has 138 valence electrons. The molecule has 7 heteroatoms. The summed E-state index contributed by atoms with van der Waals surface area (Å²) in [6, 6.07) is 11.4. The maximum Gasteiger partial charge on any atom is 0.270 e. The fraction of sp³-hybridized carbons (Fsp3) is 0.250. The van der Waals surface area contributed by atoms with Crippen LogP contribution < -0.4 is 14.8 Å². The second-order valence-electron chi connectivity index (χ2n) is 6.66. The number of nitro benzene ring substituents is 1. The lowest BCUT2D eigenvalue weighted by Crippen LogP contribution is -2.34. The largest absolute Gasteiger partial charge is 0.448 e. The normalized spacial score (nSPS) is 16.7. The van der Waals surface area contributed by atoms with Gasteiger partial charge in [-0.3, -0.25) is 14.9 Å². The molecule has 0 radical (unpaired) electrons. The van der Waals surface area contributed by atoms with E-state index in [9.17, 15) is 14.9 Å². The van der Waals surface area contributed by atoms with E-state index in [1.807, 2.05) is 0 Å². The number of non-ortho nitro benzene ring substituents is 1. The van der Waals surface area contributed by atoms with Crippen molar-refractivity contribution in [2.24, 2.45) is 0 Å². The number of anilines is 1. The van der Waals surface area contributed by atoms with Crippen LogP contribution in [0, 0.1) is 10.1 Å². The summed E-state index contributed by atoms with van der Waals surface area (Å²) in [5.41, 5.74) is 1.16. The van der Waals surface area contributed by atoms with Crippen molar-refractivity contribution < 1.29 is 19.2 Å². The first kappa shape index (κ1) is 17.1. The Morgan fingerprint density at radius 2 is 1.89 bits per heavy atom. The van der Waals surface area contributed by atoms with Crippen LogP contribution in [0.5, 0.6) is 11.5 Å². The summed E-state index contributed by atoms with van der Waals surface area (Å²) in [6.45, 7) is 0. The average Bonchev–Trinajstić information content (AvgIpc) is 3.26. The predicted molar refractivity (Wildman–Crippen MR) is 99.7 cm³/mol. The SMILES string of the molecule is O=C(/C=C/c1cccc([N+](=O)[O-])c1)Nc1ccc2c(c1)OC1(CCCC1)O2. The molecule has 1 aliphatic heterocycles. The summed E-state index contributed by atoms with van der Waals surface area (Å²) < 4.78 is 11.9. The molecule has 0 bridgehead atoms. The quantitative estimate of drug-likeness (QED) is 0.495. The van der Waals surface area contributed by atoms with E-state index in [0.29, 0.717) is 22.7 Å². The minimum absolute atomic E-state index is 0.0193. The molecule has 0 aromatic heterocycles. The standard InChI is InChI=1S/C20H18N2O5/c23-19(9-6-14-4-3-5-16(12-14)22(24)25)21-15-7-8-17-18(13-15)27-20(26-17)10-1-2-11-20/h3-9,12-13H,1-2,10-11H2,(H,21,23)/b9-6+. The van der Waals surface area contributed by atoms with Crippen LogP contribution in [0.1, 0.15) is 31.2 Å². The van der Waals surface area contributed by atoms with E-state index in [1.54, 1.807) is 30.3 Å². The summed E-state index contributed by atoms with van der Waals surface area (Å²) in [7, 11) is 0. The molecule has 0 unspecified atom stereocenters. The zero-order chi connectivity index (χ0) is 18.9. The first-order chi connectivity index (χ1) is 13.0. The van der Waals surface area contributed by atoms with Gasteiger partial charge in [0.25, 0.3) is 11.5 Å². The van der Waals surface area contributed by atoms with Gasteiger partial charge in [0.2, 0.25) is 5.91 Å². The van der Waals surface area contributed by atoms with Gasteiger partial charge in [0, 0.05) is 42.8 Å². The molecule has 1 spiro atoms. The van der Waals surface area contributed by atoms with E-state index in [1.165, 1.54) is 24.3 Å². The molecule has 2 aliphatic rings. The number of hydrogen-bond acceptors (Lipinski definition) is 5. The minimum atomic E-state index is -0.535. The van der Waals surface area contributed by atoms with E-state index in [4.69, 9.17) is 9.47 Å². The number of amides is 1. The first-order valence-corrected chi connectivity index (χ1v) is 8.79. The number of carbonyl (C=O) groups excluding carboxylic acids is 1. The third-order valence-corrected chi connectivity index (χ3v) is 4.68. The Bertz CT molecular complexity index is 932. The van der Waals surface area contributed by atoms with Crippen molar-refractivity contribution in [2.45, 2.75) is 31.5 Å². The fourth-order valence-corrected chi connectivity index (χ4v) is 3.39. The van der Waals surface area contributed by atoms with Crippen LogP contribution in [-0.2, 0) is 4.79 Å². The molecule has 1 saturated carbocycles. The number of rotatable bonds is 4. The van der Waals surface area contributed by atoms with Gasteiger partial charge in [0.1, 0.15) is 0 Å². The lowest BCUT2D eigenvalue weighted by molar-refractivity contribution is -0.384. The number of fused-ring (bicyclic) bond motifs is 1. The van der Waals surface area contributed by atoms with Crippen LogP contribution in [0.15, 0.2) is 48.5 Å². The lowest BCUT2D eigenvalue weighted by atomic mass is 10.2. The highest BCUT2D eigenvalue weighted by Gasteiger charge is 2.44. The topological polar surface area (TPSA) is 90.7 Å². The average molecular weight is 366 g/mol. The molecule has 1 fully saturated rings. The second-order valence-corrected chi connectivity index (χ2v) is 6.66. The van der Waals surface area contributed by atoms with Crippen molar-refractivity contribution in [2.75, 3.05) is 5.32 Å². The third-order valence-electron chi connectivity index (χ3n) is 4.68. The van der Waals surface area contributed by atoms with Gasteiger partial charge in [-0.15, -0.1) is 0 Å². The van der Waals surface area contributed by atoms with Crippen LogP contribution >= 0.6 is 0 Å². The van der Waals surface area contributed by atoms with Gasteiger partial charge >= 0.3 is 0 Å². The van der Waals surface area contributed by atoms with Crippen molar-refractivity contribution >= 4 is 23.4 Å². The van der Waals surface area contributed by atoms with E-state index in [-0.39, 0.29) is 11.6 Å². The van der Waals surface area contributed by atoms with Gasteiger partial charge < -0.3 is 14.8 Å². The van der Waals surface area contributed by atoms with Gasteiger partial charge in [0.15, 0.2) is 11.5 Å². The fourth-order valence-electron chi connectivity index (χ4n) is 3.39. The molecule has 7 nitrogen and oxygen atoms in total. The molecule has 1 N–H and O–H groups in total. The Labute approximate surface area is 155 Å². The molecule has 2 aromatic rings. The molecule has 2 aromatic carbocycles. The maximum absolute atomic E-state index is 12.2. The van der Waals surface area contributed by atoms with Crippen LogP contribution in [0.3, 0.4) is 0 Å². The summed E-state index contributed by atoms with van der Waals surface area (Å²) in [6.07, 6.45) is 6.77. The molecular weight excluding hydrogens is 348 g/mol. The maximum atomic E-state index is 12.2. The van der Waals surface area contributed by atoms with Gasteiger partial charge in [0.05, 0.1) is 4.92 Å². The monoisotopic (exact) mass is 366 g/mol. The molecular formula is C20H18N2O5. The highest BCUT2D eigenvalue weighted by atomic mass is 16.7. The summed E-state index contributed by atoms with van der Waals surface area (Å²) in [5, 5.41) is 13.6. The lowest BCUT2D eigenvalue weighted by Gasteiger charge is -2.21. The van der Waals surface area contributed by atoms with E-state index in [2.05, 4.69) is 5.32 Å². The summed E-state index contributed by atoms with van der Waals surface area (Å²) in [4.78, 5) is 22.5. The van der Waals surface area contributed by atoms with Crippen LogP contribution in [0.2, 0.25) is 0 Å². The number of nitro groups is 1. The van der Waals surface area contributed by atoms with Crippen molar-refractivity contribution in [1.29, 1.82) is 0 Å². The Morgan fingerprint density at radius 3 is 2.67 bits per heavy atom. The number of carbonyl (C=O) groups is 1. The van der Waals surface area contributed by atoms with Crippen LogP contribution in [0.4, 0.5) is 11.4 Å². The molecule has 1 aliphatic carbocycles. The predicted octanol–water partition coefficient (Wildman–Crippen LogP) is 4.29. The minimum Gasteiger partial charge on any atom is -0.448 e. The summed E-state index contributed by atoms with van der Waals surface area (Å²) >= 11 is 0. The second kappa shape index (κ2) is 6.75. The molecule has 0 atom stereocenters. The van der Waals surface area contributed by atoms with Gasteiger partial charge in [-0.05, 0) is 36.6 Å². The number of benzene rings is 2. The van der Waals surface area contributed by atoms with Crippen LogP contribution in [0.25, 0.3) is 6.08 Å². The van der Waals surface area contributed by atoms with E-state index < -0.39 is 10.7 Å². The third kappa shape index (κ3) is 3.62. The zero-order valence-corrected chi connectivity index (χ0v) is 14.5. The number of nitrogens with zero attached hydrogens (tertiary/aromatic N) is 1. The Kier molecular flexibility index (Phi) is 4.27. The van der Waals surface area contributed by atoms with Crippen molar-refractivity contribution in [3.63, 3.8) is 0 Å². The van der Waals surface area contributed by atoms with Gasteiger partial charge in [-0.25, -0.2) is 0 Å². The Balaban J connectivity index is 1.42. The highest BCUT2D eigenvalue weighted by Crippen LogP contribution is 2.47. The number of hydrogen-bond donors (Lipinski definition) is 1. The smallest absolute Gasteiger partial charge is 0.270 e. The molecule has 1 amide bonds. The summed E-state index contributed by atoms with van der Waals surface area (Å²) in [5.74, 6) is 0.461. The molecule has 1 heterocycles. The highest BCUT2D eigenvalue weighted by molar-refractivity contribution is 6.02.